The van der Waals surface area contributed by atoms with Gasteiger partial charge in [0.2, 0.25) is 0 Å². The lowest BCUT2D eigenvalue weighted by atomic mass is 9.95. The number of esters is 1. The summed E-state index contributed by atoms with van der Waals surface area (Å²) in [6.07, 6.45) is -0.0511. The van der Waals surface area contributed by atoms with Crippen LogP contribution in [0.2, 0.25) is 0 Å². The van der Waals surface area contributed by atoms with Gasteiger partial charge in [0.25, 0.3) is 5.91 Å². The smallest absolute Gasteiger partial charge is 0.458 e. The van der Waals surface area contributed by atoms with E-state index in [1.807, 2.05) is 26.8 Å². The summed E-state index contributed by atoms with van der Waals surface area (Å²) >= 11 is 1.30. The number of alkyl halides is 3. The maximum Gasteiger partial charge on any atom is 0.534 e. The quantitative estimate of drug-likeness (QED) is 0.306. The average Bonchev–Trinajstić information content (AvgIpc) is 3.17. The van der Waals surface area contributed by atoms with E-state index in [1.165, 1.54) is 23.5 Å². The molecule has 0 unspecified atom stereocenters. The third-order valence-electron chi connectivity index (χ3n) is 4.42. The minimum Gasteiger partial charge on any atom is -0.458 e. The first-order chi connectivity index (χ1) is 15.8. The minimum atomic E-state index is -5.81. The van der Waals surface area contributed by atoms with E-state index in [4.69, 9.17) is 4.74 Å². The number of hydrogen-bond acceptors (Lipinski definition) is 7. The van der Waals surface area contributed by atoms with Gasteiger partial charge in [-0.1, -0.05) is 32.9 Å². The number of rotatable bonds is 7. The summed E-state index contributed by atoms with van der Waals surface area (Å²) in [5.41, 5.74) is -6.12. The van der Waals surface area contributed by atoms with Crippen LogP contribution >= 0.6 is 11.3 Å². The predicted octanol–water partition coefficient (Wildman–Crippen LogP) is 4.96. The Morgan fingerprint density at radius 3 is 2.00 bits per heavy atom. The lowest BCUT2D eigenvalue weighted by Crippen LogP contribution is -2.45. The Labute approximate surface area is 206 Å². The topological polar surface area (TPSA) is 98.8 Å². The van der Waals surface area contributed by atoms with Crippen molar-refractivity contribution in [1.29, 1.82) is 0 Å². The SMILES string of the molecule is CC(C)(C)OC(=O)[C@H](Cc1ccc(OS(=O)(=O)C(F)(F)F)cc1)NC(=O)c1ccc(C(C)(C)C)s1. The van der Waals surface area contributed by atoms with Crippen LogP contribution in [0.3, 0.4) is 0 Å². The Bertz CT molecular complexity index is 1160. The maximum atomic E-state index is 12.9. The molecule has 2 rings (SSSR count). The molecule has 0 spiro atoms. The average molecular weight is 536 g/mol. The lowest BCUT2D eigenvalue weighted by molar-refractivity contribution is -0.157. The Morgan fingerprint density at radius 2 is 1.54 bits per heavy atom. The van der Waals surface area contributed by atoms with Gasteiger partial charge in [-0.15, -0.1) is 11.3 Å². The van der Waals surface area contributed by atoms with E-state index < -0.39 is 44.9 Å². The maximum absolute atomic E-state index is 12.9. The van der Waals surface area contributed by atoms with Gasteiger partial charge in [0.05, 0.1) is 4.88 Å². The first-order valence-electron chi connectivity index (χ1n) is 10.5. The van der Waals surface area contributed by atoms with Gasteiger partial charge in [-0.05, 0) is 56.0 Å². The third kappa shape index (κ3) is 8.24. The molecule has 0 fully saturated rings. The van der Waals surface area contributed by atoms with Crippen molar-refractivity contribution >= 4 is 33.3 Å². The van der Waals surface area contributed by atoms with Crippen molar-refractivity contribution in [3.63, 3.8) is 0 Å². The van der Waals surface area contributed by atoms with Crippen LogP contribution in [0, 0.1) is 0 Å². The second-order valence-electron chi connectivity index (χ2n) is 9.80. The van der Waals surface area contributed by atoms with E-state index in [0.29, 0.717) is 10.4 Å². The van der Waals surface area contributed by atoms with Crippen molar-refractivity contribution in [1.82, 2.24) is 5.32 Å². The second-order valence-corrected chi connectivity index (χ2v) is 12.4. The molecular formula is C23H28F3NO6S2. The molecule has 1 N–H and O–H groups in total. The highest BCUT2D eigenvalue weighted by atomic mass is 32.2. The number of thiophene rings is 1. The van der Waals surface area contributed by atoms with Crippen LogP contribution in [0.1, 0.15) is 61.7 Å². The summed E-state index contributed by atoms with van der Waals surface area (Å²) in [5.74, 6) is -1.71. The normalized spacial score (nSPS) is 13.7. The molecule has 12 heteroatoms. The van der Waals surface area contributed by atoms with E-state index in [-0.39, 0.29) is 11.8 Å². The van der Waals surface area contributed by atoms with Gasteiger partial charge >= 0.3 is 21.6 Å². The molecule has 7 nitrogen and oxygen atoms in total. The Morgan fingerprint density at radius 1 is 0.971 bits per heavy atom. The van der Waals surface area contributed by atoms with Crippen LogP contribution in [0.5, 0.6) is 5.75 Å². The van der Waals surface area contributed by atoms with Crippen molar-refractivity contribution in [2.24, 2.45) is 0 Å². The minimum absolute atomic E-state index is 0.0511. The molecule has 0 saturated heterocycles. The molecule has 0 aliphatic carbocycles. The van der Waals surface area contributed by atoms with Gasteiger partial charge in [-0.25, -0.2) is 4.79 Å². The molecule has 2 aromatic rings. The number of carbonyl (C=O) groups excluding carboxylic acids is 2. The lowest BCUT2D eigenvalue weighted by Gasteiger charge is -2.24. The molecule has 1 aromatic heterocycles. The zero-order valence-corrected chi connectivity index (χ0v) is 21.8. The van der Waals surface area contributed by atoms with Crippen LogP contribution in [-0.2, 0) is 31.5 Å². The number of halogens is 3. The third-order valence-corrected chi connectivity index (χ3v) is 6.91. The van der Waals surface area contributed by atoms with Crippen molar-refractivity contribution in [2.75, 3.05) is 0 Å². The monoisotopic (exact) mass is 535 g/mol. The Hall–Kier alpha value is -2.60. The molecular weight excluding hydrogens is 507 g/mol. The first kappa shape index (κ1) is 28.6. The molecule has 1 amide bonds. The molecule has 1 heterocycles. The molecule has 0 radical (unpaired) electrons. The van der Waals surface area contributed by atoms with E-state index in [1.54, 1.807) is 26.8 Å². The highest BCUT2D eigenvalue weighted by Gasteiger charge is 2.48. The molecule has 0 aliphatic heterocycles. The first-order valence-corrected chi connectivity index (χ1v) is 12.7. The second kappa shape index (κ2) is 10.2. The number of ether oxygens (including phenoxy) is 1. The molecule has 0 saturated carbocycles. The largest absolute Gasteiger partial charge is 0.534 e. The van der Waals surface area contributed by atoms with Gasteiger partial charge in [-0.3, -0.25) is 4.79 Å². The van der Waals surface area contributed by atoms with E-state index in [0.717, 1.165) is 17.0 Å². The highest BCUT2D eigenvalue weighted by molar-refractivity contribution is 7.88. The number of benzene rings is 1. The molecule has 35 heavy (non-hydrogen) atoms. The number of amides is 1. The molecule has 0 aliphatic rings. The summed E-state index contributed by atoms with van der Waals surface area (Å²) in [6.45, 7) is 11.1. The summed E-state index contributed by atoms with van der Waals surface area (Å²) < 4.78 is 69.4. The zero-order valence-electron chi connectivity index (χ0n) is 20.1. The number of hydrogen-bond donors (Lipinski definition) is 1. The molecule has 0 bridgehead atoms. The summed E-state index contributed by atoms with van der Waals surface area (Å²) in [5, 5.41) is 2.66. The fourth-order valence-corrected chi connectivity index (χ4v) is 4.18. The summed E-state index contributed by atoms with van der Waals surface area (Å²) in [7, 11) is -5.81. The van der Waals surface area contributed by atoms with Crippen molar-refractivity contribution in [3.05, 3.63) is 51.7 Å². The van der Waals surface area contributed by atoms with Crippen LogP contribution in [0.15, 0.2) is 36.4 Å². The van der Waals surface area contributed by atoms with E-state index in [9.17, 15) is 31.2 Å². The van der Waals surface area contributed by atoms with Gasteiger partial charge in [-0.2, -0.15) is 21.6 Å². The van der Waals surface area contributed by atoms with Crippen molar-refractivity contribution in [2.45, 2.75) is 70.5 Å². The number of carbonyl (C=O) groups is 2. The van der Waals surface area contributed by atoms with E-state index >= 15 is 0 Å². The van der Waals surface area contributed by atoms with E-state index in [2.05, 4.69) is 9.50 Å². The van der Waals surface area contributed by atoms with Gasteiger partial charge < -0.3 is 14.2 Å². The van der Waals surface area contributed by atoms with Crippen molar-refractivity contribution in [3.8, 4) is 5.75 Å². The van der Waals surface area contributed by atoms with Crippen LogP contribution in [0.25, 0.3) is 0 Å². The molecule has 1 atom stereocenters. The Kier molecular flexibility index (Phi) is 8.33. The zero-order chi connectivity index (χ0) is 26.8. The summed E-state index contributed by atoms with van der Waals surface area (Å²) in [4.78, 5) is 27.0. The highest BCUT2D eigenvalue weighted by Crippen LogP contribution is 2.30. The van der Waals surface area contributed by atoms with Gasteiger partial charge in [0, 0.05) is 11.3 Å². The van der Waals surface area contributed by atoms with Gasteiger partial charge in [0.15, 0.2) is 0 Å². The Balaban J connectivity index is 2.23. The molecule has 194 valence electrons. The molecule has 1 aromatic carbocycles. The van der Waals surface area contributed by atoms with Crippen molar-refractivity contribution < 1.29 is 40.1 Å². The summed E-state index contributed by atoms with van der Waals surface area (Å²) in [6, 6.07) is 7.06. The predicted molar refractivity (Wildman–Crippen MR) is 126 cm³/mol. The van der Waals surface area contributed by atoms with Crippen LogP contribution in [-0.4, -0.2) is 37.4 Å². The fraction of sp³-hybridized carbons (Fsp3) is 0.478. The van der Waals surface area contributed by atoms with Gasteiger partial charge in [0.1, 0.15) is 17.4 Å². The standard InChI is InChI=1S/C23H28F3NO6S2/c1-21(2,3)18-12-11-17(34-18)19(28)27-16(20(29)32-22(4,5)6)13-14-7-9-15(10-8-14)33-35(30,31)23(24,25)26/h7-12,16H,13H2,1-6H3,(H,27,28)/t16-/m0/s1. The number of nitrogens with one attached hydrogen (secondary N) is 1. The van der Waals surface area contributed by atoms with Crippen LogP contribution < -0.4 is 9.50 Å². The fourth-order valence-electron chi connectivity index (χ4n) is 2.75. The van der Waals surface area contributed by atoms with Crippen LogP contribution in [0.4, 0.5) is 13.2 Å².